The van der Waals surface area contributed by atoms with E-state index in [-0.39, 0.29) is 10.6 Å². The zero-order valence-corrected chi connectivity index (χ0v) is 8.92. The van der Waals surface area contributed by atoms with E-state index in [0.717, 1.165) is 0 Å². The van der Waals surface area contributed by atoms with Crippen LogP contribution in [-0.2, 0) is 0 Å². The van der Waals surface area contributed by atoms with Gasteiger partial charge in [-0.05, 0) is 18.2 Å². The molecule has 0 saturated carbocycles. The number of hydrogen-bond acceptors (Lipinski definition) is 2. The van der Waals surface area contributed by atoms with Crippen LogP contribution in [0, 0.1) is 0 Å². The number of alkyl halides is 3. The van der Waals surface area contributed by atoms with Crippen molar-refractivity contribution in [3.8, 4) is 0 Å². The standard InChI is InChI=1S/C9H6ClF3OS/c10-7-1-6(4-14)2-8(3-7)15-5-9(11,12)13/h1-4H,5H2. The van der Waals surface area contributed by atoms with Crippen LogP contribution in [0.1, 0.15) is 10.4 Å². The molecule has 1 aromatic carbocycles. The zero-order chi connectivity index (χ0) is 11.5. The Bertz CT molecular complexity index is 365. The summed E-state index contributed by atoms with van der Waals surface area (Å²) >= 11 is 6.23. The third-order valence-electron chi connectivity index (χ3n) is 1.43. The molecule has 82 valence electrons. The molecule has 0 aliphatic carbocycles. The van der Waals surface area contributed by atoms with Crippen molar-refractivity contribution >= 4 is 29.6 Å². The van der Waals surface area contributed by atoms with Crippen molar-refractivity contribution in [2.75, 3.05) is 5.75 Å². The highest BCUT2D eigenvalue weighted by Gasteiger charge is 2.27. The molecule has 1 aromatic rings. The summed E-state index contributed by atoms with van der Waals surface area (Å²) < 4.78 is 35.7. The van der Waals surface area contributed by atoms with Gasteiger partial charge in [-0.2, -0.15) is 13.2 Å². The smallest absolute Gasteiger partial charge is 0.298 e. The van der Waals surface area contributed by atoms with Crippen LogP contribution in [0.2, 0.25) is 5.02 Å². The summed E-state index contributed by atoms with van der Waals surface area (Å²) in [4.78, 5) is 10.8. The second kappa shape index (κ2) is 4.90. The van der Waals surface area contributed by atoms with Gasteiger partial charge >= 0.3 is 6.18 Å². The van der Waals surface area contributed by atoms with E-state index < -0.39 is 11.9 Å². The number of aldehydes is 1. The molecule has 0 heterocycles. The summed E-state index contributed by atoms with van der Waals surface area (Å²) in [6.45, 7) is 0. The van der Waals surface area contributed by atoms with Gasteiger partial charge in [-0.25, -0.2) is 0 Å². The Morgan fingerprint density at radius 3 is 2.53 bits per heavy atom. The lowest BCUT2D eigenvalue weighted by molar-refractivity contribution is -0.105. The number of thioether (sulfide) groups is 1. The first kappa shape index (κ1) is 12.4. The fourth-order valence-electron chi connectivity index (χ4n) is 0.901. The first-order chi connectivity index (χ1) is 6.90. The summed E-state index contributed by atoms with van der Waals surface area (Å²) in [5.74, 6) is -0.994. The van der Waals surface area contributed by atoms with Crippen molar-refractivity contribution in [2.24, 2.45) is 0 Å². The fourth-order valence-corrected chi connectivity index (χ4v) is 1.97. The van der Waals surface area contributed by atoms with Crippen LogP contribution in [0.15, 0.2) is 23.1 Å². The number of hydrogen-bond donors (Lipinski definition) is 0. The van der Waals surface area contributed by atoms with E-state index in [1.807, 2.05) is 0 Å². The van der Waals surface area contributed by atoms with E-state index in [2.05, 4.69) is 0 Å². The van der Waals surface area contributed by atoms with Crippen LogP contribution in [0.5, 0.6) is 0 Å². The Labute approximate surface area is 93.6 Å². The summed E-state index contributed by atoms with van der Waals surface area (Å²) in [5.41, 5.74) is 0.271. The molecule has 0 aliphatic heterocycles. The lowest BCUT2D eigenvalue weighted by atomic mass is 10.2. The molecule has 0 bridgehead atoms. The second-order valence-corrected chi connectivity index (χ2v) is 4.23. The monoisotopic (exact) mass is 254 g/mol. The van der Waals surface area contributed by atoms with Gasteiger partial charge in [-0.3, -0.25) is 4.79 Å². The molecule has 0 aromatic heterocycles. The highest BCUT2D eigenvalue weighted by Crippen LogP contribution is 2.29. The molecule has 0 spiro atoms. The molecule has 0 amide bonds. The van der Waals surface area contributed by atoms with Crippen LogP contribution in [0.3, 0.4) is 0 Å². The summed E-state index contributed by atoms with van der Waals surface area (Å²) in [5, 5.41) is 0.254. The Balaban J connectivity index is 2.77. The zero-order valence-electron chi connectivity index (χ0n) is 7.34. The first-order valence-corrected chi connectivity index (χ1v) is 5.22. The molecular weight excluding hydrogens is 249 g/mol. The van der Waals surface area contributed by atoms with Gasteiger partial charge in [-0.1, -0.05) is 11.6 Å². The molecule has 0 N–H and O–H groups in total. The van der Waals surface area contributed by atoms with Crippen molar-refractivity contribution in [2.45, 2.75) is 11.1 Å². The van der Waals surface area contributed by atoms with Crippen LogP contribution >= 0.6 is 23.4 Å². The average Bonchev–Trinajstić information content (AvgIpc) is 2.13. The molecule has 1 nitrogen and oxygen atoms in total. The molecule has 0 saturated heterocycles. The molecule has 0 radical (unpaired) electrons. The van der Waals surface area contributed by atoms with Gasteiger partial charge in [0.15, 0.2) is 0 Å². The Morgan fingerprint density at radius 1 is 1.33 bits per heavy atom. The van der Waals surface area contributed by atoms with E-state index in [1.165, 1.54) is 18.2 Å². The maximum Gasteiger partial charge on any atom is 0.398 e. The summed E-state index contributed by atoms with van der Waals surface area (Å²) in [6, 6.07) is 4.16. The maximum absolute atomic E-state index is 11.9. The Kier molecular flexibility index (Phi) is 4.04. The van der Waals surface area contributed by atoms with Gasteiger partial charge in [0.05, 0.1) is 5.75 Å². The van der Waals surface area contributed by atoms with Crippen molar-refractivity contribution in [3.63, 3.8) is 0 Å². The fraction of sp³-hybridized carbons (Fsp3) is 0.222. The number of benzene rings is 1. The molecule has 0 atom stereocenters. The van der Waals surface area contributed by atoms with Crippen LogP contribution in [-0.4, -0.2) is 18.2 Å². The van der Waals surface area contributed by atoms with Gasteiger partial charge in [0.2, 0.25) is 0 Å². The van der Waals surface area contributed by atoms with Crippen LogP contribution in [0.25, 0.3) is 0 Å². The minimum absolute atomic E-state index is 0.254. The lowest BCUT2D eigenvalue weighted by Gasteiger charge is -2.06. The predicted octanol–water partition coefficient (Wildman–Crippen LogP) is 3.81. The second-order valence-electron chi connectivity index (χ2n) is 2.74. The first-order valence-electron chi connectivity index (χ1n) is 3.86. The summed E-state index contributed by atoms with van der Waals surface area (Å²) in [7, 11) is 0. The number of rotatable bonds is 3. The normalized spacial score (nSPS) is 11.5. The molecule has 6 heteroatoms. The lowest BCUT2D eigenvalue weighted by Crippen LogP contribution is -2.10. The Morgan fingerprint density at radius 2 is 2.00 bits per heavy atom. The van der Waals surface area contributed by atoms with Gasteiger partial charge in [-0.15, -0.1) is 11.8 Å². The van der Waals surface area contributed by atoms with Gasteiger partial charge in [0, 0.05) is 15.5 Å². The van der Waals surface area contributed by atoms with Gasteiger partial charge < -0.3 is 0 Å². The van der Waals surface area contributed by atoms with E-state index in [0.29, 0.717) is 22.9 Å². The highest BCUT2D eigenvalue weighted by atomic mass is 35.5. The average molecular weight is 255 g/mol. The maximum atomic E-state index is 11.9. The van der Waals surface area contributed by atoms with Crippen molar-refractivity contribution in [3.05, 3.63) is 28.8 Å². The molecular formula is C9H6ClF3OS. The highest BCUT2D eigenvalue weighted by molar-refractivity contribution is 7.99. The quantitative estimate of drug-likeness (QED) is 0.603. The molecule has 0 unspecified atom stereocenters. The minimum atomic E-state index is -4.23. The minimum Gasteiger partial charge on any atom is -0.298 e. The molecule has 0 fully saturated rings. The third-order valence-corrected chi connectivity index (χ3v) is 2.69. The SMILES string of the molecule is O=Cc1cc(Cl)cc(SCC(F)(F)F)c1. The third kappa shape index (κ3) is 4.57. The van der Waals surface area contributed by atoms with E-state index in [4.69, 9.17) is 11.6 Å². The van der Waals surface area contributed by atoms with Gasteiger partial charge in [0.25, 0.3) is 0 Å². The van der Waals surface area contributed by atoms with Crippen molar-refractivity contribution < 1.29 is 18.0 Å². The molecule has 1 rings (SSSR count). The topological polar surface area (TPSA) is 17.1 Å². The largest absolute Gasteiger partial charge is 0.398 e. The van der Waals surface area contributed by atoms with E-state index in [9.17, 15) is 18.0 Å². The summed E-state index contributed by atoms with van der Waals surface area (Å²) in [6.07, 6.45) is -3.68. The number of carbonyl (C=O) groups excluding carboxylic acids is 1. The van der Waals surface area contributed by atoms with Crippen LogP contribution in [0.4, 0.5) is 13.2 Å². The van der Waals surface area contributed by atoms with Crippen LogP contribution < -0.4 is 0 Å². The Hall–Kier alpha value is -0.680. The van der Waals surface area contributed by atoms with Crippen molar-refractivity contribution in [1.29, 1.82) is 0 Å². The number of carbonyl (C=O) groups is 1. The predicted molar refractivity (Wildman–Crippen MR) is 53.6 cm³/mol. The number of halogens is 4. The van der Waals surface area contributed by atoms with Crippen molar-refractivity contribution in [1.82, 2.24) is 0 Å². The van der Waals surface area contributed by atoms with E-state index >= 15 is 0 Å². The molecule has 0 aliphatic rings. The van der Waals surface area contributed by atoms with Gasteiger partial charge in [0.1, 0.15) is 6.29 Å². The van der Waals surface area contributed by atoms with E-state index in [1.54, 1.807) is 0 Å². The molecule has 15 heavy (non-hydrogen) atoms.